The van der Waals surface area contributed by atoms with Gasteiger partial charge < -0.3 is 11.1 Å². The number of hydrogen-bond acceptors (Lipinski definition) is 3. The van der Waals surface area contributed by atoms with Crippen LogP contribution in [-0.2, 0) is 11.2 Å². The van der Waals surface area contributed by atoms with Crippen molar-refractivity contribution in [2.24, 2.45) is 5.73 Å². The zero-order valence-corrected chi connectivity index (χ0v) is 10.9. The van der Waals surface area contributed by atoms with E-state index in [0.29, 0.717) is 13.0 Å². The number of rotatable bonds is 5. The Morgan fingerprint density at radius 1 is 1.32 bits per heavy atom. The molecule has 0 fully saturated rings. The van der Waals surface area contributed by atoms with Crippen LogP contribution < -0.4 is 11.1 Å². The molecule has 0 heterocycles. The summed E-state index contributed by atoms with van der Waals surface area (Å²) in [5.74, 6) is -0.636. The van der Waals surface area contributed by atoms with Crippen LogP contribution in [0.25, 0.3) is 0 Å². The first-order valence-corrected chi connectivity index (χ1v) is 6.05. The molecule has 0 saturated heterocycles. The van der Waals surface area contributed by atoms with Crippen molar-refractivity contribution in [1.29, 1.82) is 0 Å². The maximum absolute atomic E-state index is 12.7. The van der Waals surface area contributed by atoms with E-state index in [0.717, 1.165) is 10.5 Å². The average Bonchev–Trinajstić information content (AvgIpc) is 2.37. The number of amides is 3. The summed E-state index contributed by atoms with van der Waals surface area (Å²) in [4.78, 5) is 24.0. The highest BCUT2D eigenvalue weighted by Gasteiger charge is 2.15. The normalized spacial score (nSPS) is 10.1. The van der Waals surface area contributed by atoms with E-state index in [2.05, 4.69) is 5.32 Å². The fourth-order valence-electron chi connectivity index (χ4n) is 1.59. The number of carbonyl (C=O) groups excluding carboxylic acids is 2. The number of halogens is 1. The molecule has 6 heteroatoms. The summed E-state index contributed by atoms with van der Waals surface area (Å²) in [7, 11) is 0. The lowest BCUT2D eigenvalue weighted by molar-refractivity contribution is -0.125. The monoisotopic (exact) mass is 267 g/mol. The van der Waals surface area contributed by atoms with Crippen molar-refractivity contribution in [2.45, 2.75) is 13.3 Å². The fraction of sp³-hybridized carbons (Fsp3) is 0.385. The van der Waals surface area contributed by atoms with Crippen molar-refractivity contribution in [3.05, 3.63) is 35.6 Å². The van der Waals surface area contributed by atoms with Gasteiger partial charge >= 0.3 is 6.03 Å². The van der Waals surface area contributed by atoms with Crippen LogP contribution in [0.3, 0.4) is 0 Å². The summed E-state index contributed by atoms with van der Waals surface area (Å²) >= 11 is 0. The van der Waals surface area contributed by atoms with Gasteiger partial charge in [0.2, 0.25) is 5.91 Å². The van der Waals surface area contributed by atoms with Gasteiger partial charge in [0.15, 0.2) is 0 Å². The number of nitrogens with one attached hydrogen (secondary N) is 1. The molecule has 0 spiro atoms. The third kappa shape index (κ3) is 5.05. The summed E-state index contributed by atoms with van der Waals surface area (Å²) in [6.45, 7) is 2.11. The standard InChI is InChI=1S/C13H18FN3O2/c1-10(18)17(9-7-15)13(19)16-8-6-11-2-4-12(14)5-3-11/h2-5H,6-9,15H2,1H3,(H,16,19). The third-order valence-corrected chi connectivity index (χ3v) is 2.58. The smallest absolute Gasteiger partial charge is 0.324 e. The lowest BCUT2D eigenvalue weighted by Gasteiger charge is -2.18. The Labute approximate surface area is 111 Å². The fourth-order valence-corrected chi connectivity index (χ4v) is 1.59. The second-order valence-electron chi connectivity index (χ2n) is 4.07. The van der Waals surface area contributed by atoms with Gasteiger partial charge in [0.1, 0.15) is 5.82 Å². The molecule has 0 bridgehead atoms. The number of nitrogens with two attached hydrogens (primary N) is 1. The van der Waals surface area contributed by atoms with Gasteiger partial charge in [-0.05, 0) is 24.1 Å². The summed E-state index contributed by atoms with van der Waals surface area (Å²) in [5.41, 5.74) is 6.24. The molecule has 19 heavy (non-hydrogen) atoms. The van der Waals surface area contributed by atoms with Gasteiger partial charge in [-0.1, -0.05) is 12.1 Å². The van der Waals surface area contributed by atoms with Crippen LogP contribution in [0.5, 0.6) is 0 Å². The lowest BCUT2D eigenvalue weighted by Crippen LogP contribution is -2.45. The topological polar surface area (TPSA) is 75.4 Å². The Kier molecular flexibility index (Phi) is 5.95. The quantitative estimate of drug-likeness (QED) is 0.831. The number of hydrogen-bond donors (Lipinski definition) is 2. The first-order valence-electron chi connectivity index (χ1n) is 6.05. The van der Waals surface area contributed by atoms with E-state index < -0.39 is 6.03 Å². The predicted octanol–water partition coefficient (Wildman–Crippen LogP) is 0.885. The van der Waals surface area contributed by atoms with Crippen LogP contribution in [0.4, 0.5) is 9.18 Å². The van der Waals surface area contributed by atoms with E-state index in [4.69, 9.17) is 5.73 Å². The molecule has 0 aliphatic heterocycles. The SMILES string of the molecule is CC(=O)N(CCN)C(=O)NCCc1ccc(F)cc1. The summed E-state index contributed by atoms with van der Waals surface area (Å²) in [5, 5.41) is 2.63. The highest BCUT2D eigenvalue weighted by molar-refractivity contribution is 5.93. The Morgan fingerprint density at radius 2 is 1.95 bits per heavy atom. The minimum Gasteiger partial charge on any atom is -0.337 e. The van der Waals surface area contributed by atoms with E-state index >= 15 is 0 Å². The number of imide groups is 1. The number of carbonyl (C=O) groups is 2. The van der Waals surface area contributed by atoms with Gasteiger partial charge in [-0.15, -0.1) is 0 Å². The van der Waals surface area contributed by atoms with E-state index in [1.165, 1.54) is 19.1 Å². The minimum absolute atomic E-state index is 0.192. The minimum atomic E-state index is -0.458. The summed E-state index contributed by atoms with van der Waals surface area (Å²) in [6.07, 6.45) is 0.570. The van der Waals surface area contributed by atoms with Gasteiger partial charge in [-0.3, -0.25) is 9.69 Å². The zero-order valence-electron chi connectivity index (χ0n) is 10.9. The molecule has 3 N–H and O–H groups in total. The van der Waals surface area contributed by atoms with Gasteiger partial charge in [0.05, 0.1) is 0 Å². The molecular weight excluding hydrogens is 249 g/mol. The van der Waals surface area contributed by atoms with E-state index in [9.17, 15) is 14.0 Å². The van der Waals surface area contributed by atoms with Crippen LogP contribution in [0, 0.1) is 5.82 Å². The average molecular weight is 267 g/mol. The molecule has 0 unspecified atom stereocenters. The van der Waals surface area contributed by atoms with E-state index in [1.54, 1.807) is 12.1 Å². The molecule has 0 aliphatic rings. The van der Waals surface area contributed by atoms with Crippen molar-refractivity contribution in [3.63, 3.8) is 0 Å². The molecule has 3 amide bonds. The Morgan fingerprint density at radius 3 is 2.47 bits per heavy atom. The summed E-state index contributed by atoms with van der Waals surface area (Å²) in [6, 6.07) is 5.59. The van der Waals surface area contributed by atoms with Crippen LogP contribution in [0.15, 0.2) is 24.3 Å². The highest BCUT2D eigenvalue weighted by Crippen LogP contribution is 2.02. The Balaban J connectivity index is 2.41. The molecular formula is C13H18FN3O2. The van der Waals surface area contributed by atoms with Crippen molar-refractivity contribution < 1.29 is 14.0 Å². The molecule has 1 rings (SSSR count). The van der Waals surface area contributed by atoms with Crippen LogP contribution in [0.1, 0.15) is 12.5 Å². The van der Waals surface area contributed by atoms with Gasteiger partial charge in [-0.25, -0.2) is 9.18 Å². The van der Waals surface area contributed by atoms with E-state index in [1.807, 2.05) is 0 Å². The molecule has 104 valence electrons. The number of nitrogens with zero attached hydrogens (tertiary/aromatic N) is 1. The zero-order chi connectivity index (χ0) is 14.3. The highest BCUT2D eigenvalue weighted by atomic mass is 19.1. The second-order valence-corrected chi connectivity index (χ2v) is 4.07. The van der Waals surface area contributed by atoms with Gasteiger partial charge in [-0.2, -0.15) is 0 Å². The van der Waals surface area contributed by atoms with Crippen LogP contribution in [-0.4, -0.2) is 36.5 Å². The maximum atomic E-state index is 12.7. The molecule has 0 radical (unpaired) electrons. The predicted molar refractivity (Wildman–Crippen MR) is 69.9 cm³/mol. The first-order chi connectivity index (χ1) is 9.04. The third-order valence-electron chi connectivity index (χ3n) is 2.58. The molecule has 0 saturated carbocycles. The van der Waals surface area contributed by atoms with Crippen molar-refractivity contribution in [1.82, 2.24) is 10.2 Å². The van der Waals surface area contributed by atoms with E-state index in [-0.39, 0.29) is 24.8 Å². The van der Waals surface area contributed by atoms with Gasteiger partial charge in [0.25, 0.3) is 0 Å². The Bertz CT molecular complexity index is 434. The molecule has 0 aliphatic carbocycles. The lowest BCUT2D eigenvalue weighted by atomic mass is 10.1. The molecule has 0 aromatic heterocycles. The second kappa shape index (κ2) is 7.48. The number of urea groups is 1. The molecule has 1 aromatic rings. The molecule has 0 atom stereocenters. The first kappa shape index (κ1) is 15.1. The van der Waals surface area contributed by atoms with Crippen molar-refractivity contribution in [2.75, 3.05) is 19.6 Å². The maximum Gasteiger partial charge on any atom is 0.324 e. The van der Waals surface area contributed by atoms with Crippen molar-refractivity contribution in [3.8, 4) is 0 Å². The molecule has 1 aromatic carbocycles. The largest absolute Gasteiger partial charge is 0.337 e. The number of benzene rings is 1. The van der Waals surface area contributed by atoms with Gasteiger partial charge in [0, 0.05) is 26.6 Å². The summed E-state index contributed by atoms with van der Waals surface area (Å²) < 4.78 is 12.7. The van der Waals surface area contributed by atoms with Crippen LogP contribution in [0.2, 0.25) is 0 Å². The Hall–Kier alpha value is -1.95. The van der Waals surface area contributed by atoms with Crippen molar-refractivity contribution >= 4 is 11.9 Å². The molecule has 5 nitrogen and oxygen atoms in total. The van der Waals surface area contributed by atoms with Crippen LogP contribution >= 0.6 is 0 Å².